The van der Waals surface area contributed by atoms with Crippen LogP contribution in [-0.2, 0) is 26.0 Å². The third-order valence-corrected chi connectivity index (χ3v) is 7.13. The Morgan fingerprint density at radius 1 is 1.03 bits per heavy atom. The van der Waals surface area contributed by atoms with Crippen molar-refractivity contribution in [2.24, 2.45) is 0 Å². The van der Waals surface area contributed by atoms with Gasteiger partial charge in [-0.1, -0.05) is 24.3 Å². The Morgan fingerprint density at radius 3 is 2.24 bits per heavy atom. The number of carbonyl (C=O) groups is 2. The van der Waals surface area contributed by atoms with Gasteiger partial charge in [-0.2, -0.15) is 4.72 Å². The minimum Gasteiger partial charge on any atom is -0.497 e. The van der Waals surface area contributed by atoms with Gasteiger partial charge in [0.05, 0.1) is 13.2 Å². The first kappa shape index (κ1) is 24.7. The van der Waals surface area contributed by atoms with Gasteiger partial charge in [0.15, 0.2) is 0 Å². The summed E-state index contributed by atoms with van der Waals surface area (Å²) in [5.41, 5.74) is 1.04. The summed E-state index contributed by atoms with van der Waals surface area (Å²) in [6, 6.07) is 11.5. The quantitative estimate of drug-likeness (QED) is 0.626. The summed E-state index contributed by atoms with van der Waals surface area (Å²) in [7, 11) is -2.58. The lowest BCUT2D eigenvalue weighted by atomic mass is 10.1. The molecule has 0 bridgehead atoms. The first-order valence-electron chi connectivity index (χ1n) is 10.7. The highest BCUT2D eigenvalue weighted by atomic mass is 32.2. The van der Waals surface area contributed by atoms with E-state index in [-0.39, 0.29) is 5.91 Å². The monoisotopic (exact) mass is 477 g/mol. The fourth-order valence-electron chi connectivity index (χ4n) is 3.66. The molecule has 0 radical (unpaired) electrons. The van der Waals surface area contributed by atoms with E-state index in [0.29, 0.717) is 39.0 Å². The van der Waals surface area contributed by atoms with Gasteiger partial charge in [-0.25, -0.2) is 12.8 Å². The smallest absolute Gasteiger partial charge is 0.244 e. The Hall–Kier alpha value is -2.98. The minimum absolute atomic E-state index is 0.00576. The highest BCUT2D eigenvalue weighted by Crippen LogP contribution is 2.16. The van der Waals surface area contributed by atoms with Gasteiger partial charge in [0.25, 0.3) is 0 Å². The molecule has 2 aromatic carbocycles. The second-order valence-corrected chi connectivity index (χ2v) is 9.51. The van der Waals surface area contributed by atoms with Crippen LogP contribution in [0.2, 0.25) is 0 Å². The SMILES string of the molecule is COc1ccc(CCC(=O)N2CCN(C(=O)[C@H](C)NS(=O)(=O)c3ccccc3F)CC2)cc1. The number of benzene rings is 2. The molecule has 1 fully saturated rings. The zero-order valence-corrected chi connectivity index (χ0v) is 19.5. The molecule has 1 aliphatic heterocycles. The van der Waals surface area contributed by atoms with Crippen LogP contribution in [0.4, 0.5) is 4.39 Å². The lowest BCUT2D eigenvalue weighted by Gasteiger charge is -2.36. The number of methoxy groups -OCH3 is 1. The standard InChI is InChI=1S/C23H28FN3O5S/c1-17(25-33(30,31)21-6-4-3-5-20(21)24)23(29)27-15-13-26(14-16-27)22(28)12-9-18-7-10-19(32-2)11-8-18/h3-8,10-11,17,25H,9,12-16H2,1-2H3/t17-/m0/s1. The third kappa shape index (κ3) is 6.29. The number of hydrogen-bond acceptors (Lipinski definition) is 5. The molecule has 2 aromatic rings. The molecule has 8 nitrogen and oxygen atoms in total. The van der Waals surface area contributed by atoms with Crippen molar-refractivity contribution in [3.05, 3.63) is 59.9 Å². The number of aryl methyl sites for hydroxylation is 1. The maximum atomic E-state index is 13.9. The van der Waals surface area contributed by atoms with Crippen LogP contribution >= 0.6 is 0 Å². The van der Waals surface area contributed by atoms with Gasteiger partial charge in [0.1, 0.15) is 16.5 Å². The van der Waals surface area contributed by atoms with Crippen LogP contribution < -0.4 is 9.46 Å². The van der Waals surface area contributed by atoms with Crippen LogP contribution in [0, 0.1) is 5.82 Å². The molecule has 178 valence electrons. The third-order valence-electron chi connectivity index (χ3n) is 5.56. The van der Waals surface area contributed by atoms with Gasteiger partial charge in [0.2, 0.25) is 21.8 Å². The van der Waals surface area contributed by atoms with E-state index in [1.165, 1.54) is 24.0 Å². The molecular formula is C23H28FN3O5S. The Bertz CT molecular complexity index is 1080. The molecule has 0 unspecified atom stereocenters. The molecular weight excluding hydrogens is 449 g/mol. The van der Waals surface area contributed by atoms with E-state index >= 15 is 0 Å². The van der Waals surface area contributed by atoms with Crippen molar-refractivity contribution in [2.75, 3.05) is 33.3 Å². The maximum absolute atomic E-state index is 13.9. The Labute approximate surface area is 193 Å². The molecule has 1 atom stereocenters. The molecule has 0 aliphatic carbocycles. The van der Waals surface area contributed by atoms with Gasteiger partial charge in [0, 0.05) is 32.6 Å². The summed E-state index contributed by atoms with van der Waals surface area (Å²) >= 11 is 0. The fraction of sp³-hybridized carbons (Fsp3) is 0.391. The van der Waals surface area contributed by atoms with E-state index < -0.39 is 32.7 Å². The van der Waals surface area contributed by atoms with Crippen molar-refractivity contribution < 1.29 is 27.1 Å². The van der Waals surface area contributed by atoms with Crippen molar-refractivity contribution in [3.63, 3.8) is 0 Å². The molecule has 33 heavy (non-hydrogen) atoms. The van der Waals surface area contributed by atoms with Gasteiger partial charge in [-0.05, 0) is 43.2 Å². The average molecular weight is 478 g/mol. The van der Waals surface area contributed by atoms with Gasteiger partial charge in [-0.15, -0.1) is 0 Å². The summed E-state index contributed by atoms with van der Waals surface area (Å²) in [5.74, 6) is -0.533. The van der Waals surface area contributed by atoms with E-state index in [9.17, 15) is 22.4 Å². The lowest BCUT2D eigenvalue weighted by Crippen LogP contribution is -2.55. The van der Waals surface area contributed by atoms with E-state index in [2.05, 4.69) is 4.72 Å². The first-order chi connectivity index (χ1) is 15.7. The molecule has 3 rings (SSSR count). The molecule has 0 aromatic heterocycles. The Balaban J connectivity index is 1.48. The minimum atomic E-state index is -4.18. The first-order valence-corrected chi connectivity index (χ1v) is 12.2. The summed E-state index contributed by atoms with van der Waals surface area (Å²) in [6.07, 6.45) is 0.968. The van der Waals surface area contributed by atoms with Crippen LogP contribution in [0.25, 0.3) is 0 Å². The average Bonchev–Trinajstić information content (AvgIpc) is 2.82. The number of nitrogens with zero attached hydrogens (tertiary/aromatic N) is 2. The zero-order valence-electron chi connectivity index (χ0n) is 18.7. The van der Waals surface area contributed by atoms with Gasteiger partial charge in [-0.3, -0.25) is 9.59 Å². The molecule has 1 aliphatic rings. The maximum Gasteiger partial charge on any atom is 0.244 e. The van der Waals surface area contributed by atoms with E-state index in [0.717, 1.165) is 23.4 Å². The van der Waals surface area contributed by atoms with Crippen LogP contribution in [-0.4, -0.2) is 69.4 Å². The highest BCUT2D eigenvalue weighted by Gasteiger charge is 2.30. The van der Waals surface area contributed by atoms with Crippen LogP contribution in [0.5, 0.6) is 5.75 Å². The summed E-state index contributed by atoms with van der Waals surface area (Å²) in [5, 5.41) is 0. The van der Waals surface area contributed by atoms with Crippen molar-refractivity contribution >= 4 is 21.8 Å². The number of halogens is 1. The Kier molecular flexibility index (Phi) is 8.04. The number of amides is 2. The summed E-state index contributed by atoms with van der Waals surface area (Å²) < 4.78 is 46.1. The molecule has 0 saturated carbocycles. The number of piperazine rings is 1. The van der Waals surface area contributed by atoms with Crippen molar-refractivity contribution in [2.45, 2.75) is 30.7 Å². The van der Waals surface area contributed by atoms with E-state index in [1.807, 2.05) is 24.3 Å². The number of rotatable bonds is 8. The normalized spacial score (nSPS) is 15.2. The highest BCUT2D eigenvalue weighted by molar-refractivity contribution is 7.89. The van der Waals surface area contributed by atoms with E-state index in [1.54, 1.807) is 12.0 Å². The predicted octanol–water partition coefficient (Wildman–Crippen LogP) is 1.80. The topological polar surface area (TPSA) is 96.0 Å². The summed E-state index contributed by atoms with van der Waals surface area (Å²) in [6.45, 7) is 2.78. The fourth-order valence-corrected chi connectivity index (χ4v) is 4.94. The number of carbonyl (C=O) groups excluding carboxylic acids is 2. The second-order valence-electron chi connectivity index (χ2n) is 7.83. The molecule has 2 amide bonds. The number of ether oxygens (including phenoxy) is 1. The van der Waals surface area contributed by atoms with Gasteiger partial charge >= 0.3 is 0 Å². The van der Waals surface area contributed by atoms with Crippen molar-refractivity contribution in [1.29, 1.82) is 0 Å². The Morgan fingerprint density at radius 2 is 1.64 bits per heavy atom. The number of sulfonamides is 1. The number of nitrogens with one attached hydrogen (secondary N) is 1. The predicted molar refractivity (Wildman–Crippen MR) is 121 cm³/mol. The van der Waals surface area contributed by atoms with E-state index in [4.69, 9.17) is 4.74 Å². The molecule has 1 N–H and O–H groups in total. The summed E-state index contributed by atoms with van der Waals surface area (Å²) in [4.78, 5) is 28.0. The molecule has 1 saturated heterocycles. The van der Waals surface area contributed by atoms with Crippen LogP contribution in [0.3, 0.4) is 0 Å². The van der Waals surface area contributed by atoms with Crippen molar-refractivity contribution in [1.82, 2.24) is 14.5 Å². The molecule has 10 heteroatoms. The van der Waals surface area contributed by atoms with Crippen molar-refractivity contribution in [3.8, 4) is 5.75 Å². The second kappa shape index (κ2) is 10.8. The largest absolute Gasteiger partial charge is 0.497 e. The van der Waals surface area contributed by atoms with Crippen LogP contribution in [0.15, 0.2) is 53.4 Å². The lowest BCUT2D eigenvalue weighted by molar-refractivity contribution is -0.140. The molecule has 0 spiro atoms. The van der Waals surface area contributed by atoms with Gasteiger partial charge < -0.3 is 14.5 Å². The number of hydrogen-bond donors (Lipinski definition) is 1. The van der Waals surface area contributed by atoms with Crippen LogP contribution in [0.1, 0.15) is 18.9 Å². The molecule has 1 heterocycles. The zero-order chi connectivity index (χ0) is 24.0.